The van der Waals surface area contributed by atoms with Crippen molar-refractivity contribution in [3.8, 4) is 0 Å². The molecular formula is C62H106N12O15P4S. The molecule has 0 saturated carbocycles. The molecule has 7 aliphatic heterocycles. The molecule has 4 saturated heterocycles. The summed E-state index contributed by atoms with van der Waals surface area (Å²) in [7, 11) is 7.85. The second-order valence-electron chi connectivity index (χ2n) is 26.8. The van der Waals surface area contributed by atoms with Crippen LogP contribution in [0.4, 0.5) is 5.82 Å². The Kier molecular flexibility index (Phi) is 28.7. The number of nitrogen functional groups attached to an aromatic ring is 1. The maximum absolute atomic E-state index is 11.1. The monoisotopic (exact) mass is 1410 g/mol. The van der Waals surface area contributed by atoms with Crippen molar-refractivity contribution < 1.29 is 73.3 Å². The lowest BCUT2D eigenvalue weighted by Crippen LogP contribution is -2.43. The van der Waals surface area contributed by atoms with Gasteiger partial charge in [0.25, 0.3) is 0 Å². The Morgan fingerprint density at radius 1 is 0.585 bits per heavy atom. The van der Waals surface area contributed by atoms with E-state index in [2.05, 4.69) is 124 Å². The molecule has 0 radical (unpaired) electrons. The molecule has 1 aromatic heterocycles. The van der Waals surface area contributed by atoms with E-state index in [0.717, 1.165) is 37.5 Å². The highest BCUT2D eigenvalue weighted by atomic mass is 32.1. The Bertz CT molecular complexity index is 3340. The maximum Gasteiger partial charge on any atom is 0.222 e. The average Bonchev–Trinajstić information content (AvgIpc) is 1.66. The number of methoxy groups -OCH3 is 4. The van der Waals surface area contributed by atoms with Crippen molar-refractivity contribution in [2.45, 2.75) is 131 Å². The molecule has 0 aliphatic carbocycles. The SMILES string of the molecule is C=C1N=C(N)C(OC)=CN1[C@@H]1O[C@H](CCP(=C)(C)C)[C@@H](O)[C@H]1O.C=C1N=C(N)C(OC)=CN1[C@@H]1O[C@H](CCP(=C)(C)C)[C@@H](O)[C@H]1OC.C=C1N=C(NC(C)=O)C=CN1[C@@H]1O[C@H](CCP(=C)(C)C)[C@@H](O)[C@H]1OC.C=P(C)(C)CC[C@H]1O[C@@H](c2cn(C)c(=S)nc2N)[C@H](O)[C@@H]1O. The standard InChI is InChI=1S/C17H28N3O4P.C16H28N3O4P.C15H26N3O4P.C14H24N3O3PS/c1-11-18-14(19-12(2)21)7-9-20(11)17-16(23-3)15(22)13(24-17)8-10-25(4,5)6;1-10-18-15(17)12(21-2)9-19(10)16-14(22-3)13(20)11(23-16)7-8-24(4,5)6;1-9-17-14(16)11(21-2)8-18(9)15-13(20)12(19)10(22-15)6-7-23(3,4)5;1-17-7-8(13(15)16-14(17)22)12-11(19)10(18)9(20-12)5-6-21(2,3)4/h7,9,13,15-17,22H,1,4,8,10H2,2-3,5-6H3,(H,18,19,21);9,11,13-14,16,20H,1,4,7-8H2,2-3,5-6H3,(H2,17,18);8,10,12-13,15,19-20H,1,3,6-7H2,2,4-5H3,(H2,16,17);7,9-12,18-19H,2,5-6H2,1,3-4H3,(H2,15,16,22)/t13-,15-,16-,17-;11-,13-,14-,16-;10-,12-,13-,15-;9-,10-,11-,12+/m1111/s1. The first-order valence-electron chi connectivity index (χ1n) is 30.5. The number of nitrogens with zero attached hydrogens (tertiary/aromatic N) is 8. The van der Waals surface area contributed by atoms with Gasteiger partial charge in [0.05, 0.1) is 51.0 Å². The number of hydrogen-bond acceptors (Lipinski definition) is 26. The third-order valence-electron chi connectivity index (χ3n) is 16.0. The Labute approximate surface area is 560 Å². The Morgan fingerprint density at radius 2 is 0.957 bits per heavy atom. The van der Waals surface area contributed by atoms with Gasteiger partial charge < -0.3 is 110 Å². The summed E-state index contributed by atoms with van der Waals surface area (Å²) in [6.45, 7) is 25.4. The molecule has 8 rings (SSSR count). The molecule has 0 aromatic carbocycles. The van der Waals surface area contributed by atoms with E-state index in [1.54, 1.807) is 66.5 Å². The van der Waals surface area contributed by atoms with Crippen LogP contribution in [0.3, 0.4) is 0 Å². The van der Waals surface area contributed by atoms with Crippen molar-refractivity contribution in [1.82, 2.24) is 29.6 Å². The Balaban J connectivity index is 0.000000227. The number of anilines is 1. The highest BCUT2D eigenvalue weighted by Gasteiger charge is 2.50. The highest BCUT2D eigenvalue weighted by Crippen LogP contribution is 2.44. The van der Waals surface area contributed by atoms with E-state index in [1.807, 2.05) is 0 Å². The minimum absolute atomic E-state index is 0.203. The molecule has 0 spiro atoms. The summed E-state index contributed by atoms with van der Waals surface area (Å²) in [5.41, 5.74) is 18.0. The number of aliphatic hydroxyl groups is 6. The quantitative estimate of drug-likeness (QED) is 0.0662. The van der Waals surface area contributed by atoms with E-state index in [4.69, 9.17) is 67.3 Å². The van der Waals surface area contributed by atoms with E-state index >= 15 is 0 Å². The number of nitrogens with two attached hydrogens (primary N) is 3. The van der Waals surface area contributed by atoms with Crippen LogP contribution in [0.5, 0.6) is 0 Å². The number of rotatable bonds is 20. The molecule has 16 atom stereocenters. The molecule has 27 nitrogen and oxygen atoms in total. The molecular weight excluding hydrogens is 1310 g/mol. The van der Waals surface area contributed by atoms with E-state index in [9.17, 15) is 35.4 Å². The van der Waals surface area contributed by atoms with Gasteiger partial charge in [-0.05, 0) is 122 Å². The molecule has 4 fully saturated rings. The van der Waals surface area contributed by atoms with Gasteiger partial charge >= 0.3 is 0 Å². The zero-order chi connectivity index (χ0) is 70.9. The fourth-order valence-electron chi connectivity index (χ4n) is 10.8. The van der Waals surface area contributed by atoms with Gasteiger partial charge in [-0.3, -0.25) is 4.79 Å². The van der Waals surface area contributed by atoms with Crippen molar-refractivity contribution >= 4 is 94.2 Å². The second-order valence-corrected chi connectivity index (χ2v) is 44.4. The molecule has 1 aromatic rings. The molecule has 1 amide bonds. The van der Waals surface area contributed by atoms with Crippen molar-refractivity contribution in [2.24, 2.45) is 33.5 Å². The number of hydrogen-bond donors (Lipinski definition) is 10. The van der Waals surface area contributed by atoms with Gasteiger partial charge in [-0.25, -0.2) is 20.0 Å². The predicted octanol–water partition coefficient (Wildman–Crippen LogP) is 3.00. The Hall–Kier alpha value is -4.66. The summed E-state index contributed by atoms with van der Waals surface area (Å²) in [6, 6.07) is 0. The van der Waals surface area contributed by atoms with Crippen LogP contribution in [0.15, 0.2) is 94.6 Å². The van der Waals surface area contributed by atoms with Crippen molar-refractivity contribution in [2.75, 3.05) is 112 Å². The summed E-state index contributed by atoms with van der Waals surface area (Å²) in [5.74, 6) is 2.84. The molecule has 8 heterocycles. The van der Waals surface area contributed by atoms with Crippen LogP contribution in [-0.2, 0) is 49.7 Å². The van der Waals surface area contributed by atoms with Crippen LogP contribution in [-0.4, -0.2) is 302 Å². The number of amides is 1. The van der Waals surface area contributed by atoms with E-state index < -0.39 is 113 Å². The van der Waals surface area contributed by atoms with Crippen LogP contribution >= 0.6 is 39.8 Å². The van der Waals surface area contributed by atoms with E-state index in [-0.39, 0.29) is 35.6 Å². The topological polar surface area (TPSA) is 367 Å². The summed E-state index contributed by atoms with van der Waals surface area (Å²) >= 11 is 5.05. The predicted molar refractivity (Wildman–Crippen MR) is 388 cm³/mol. The van der Waals surface area contributed by atoms with Gasteiger partial charge in [0.1, 0.15) is 84.1 Å². The molecule has 7 aliphatic rings. The fraction of sp³-hybridized carbons (Fsp3) is 0.613. The number of nitrogens with one attached hydrogen (secondary N) is 1. The maximum atomic E-state index is 11.1. The summed E-state index contributed by atoms with van der Waals surface area (Å²) in [5, 5.41) is 64.9. The van der Waals surface area contributed by atoms with Crippen LogP contribution in [0.25, 0.3) is 0 Å². The van der Waals surface area contributed by atoms with Gasteiger partial charge in [-0.2, -0.15) is 0 Å². The summed E-state index contributed by atoms with van der Waals surface area (Å²) < 4.78 is 47.2. The van der Waals surface area contributed by atoms with Crippen LogP contribution in [0.2, 0.25) is 0 Å². The summed E-state index contributed by atoms with van der Waals surface area (Å²) in [4.78, 5) is 32.7. The molecule has 94 heavy (non-hydrogen) atoms. The van der Waals surface area contributed by atoms with Gasteiger partial charge in [0.2, 0.25) is 10.7 Å². The zero-order valence-corrected chi connectivity index (χ0v) is 61.5. The smallest absolute Gasteiger partial charge is 0.222 e. The molecule has 530 valence electrons. The van der Waals surface area contributed by atoms with Gasteiger partial charge in [-0.1, -0.05) is 19.7 Å². The lowest BCUT2D eigenvalue weighted by molar-refractivity contribution is -0.117. The minimum atomic E-state index is -1.23. The number of carbonyl (C=O) groups excluding carboxylic acids is 1. The lowest BCUT2D eigenvalue weighted by Gasteiger charge is -2.32. The third-order valence-corrected chi connectivity index (χ3v) is 22.3. The highest BCUT2D eigenvalue weighted by molar-refractivity contribution is 7.73. The normalized spacial score (nSPS) is 30.4. The Morgan fingerprint density at radius 3 is 1.35 bits per heavy atom. The third kappa shape index (κ3) is 21.9. The van der Waals surface area contributed by atoms with Gasteiger partial charge in [0.15, 0.2) is 41.9 Å². The number of carbonyl (C=O) groups is 1. The first-order valence-corrected chi connectivity index (χ1v) is 43.1. The molecule has 13 N–H and O–H groups in total. The summed E-state index contributed by atoms with van der Waals surface area (Å²) in [6.07, 6.45) is 20.9. The largest absolute Gasteiger partial charge is 0.491 e. The average molecular weight is 1420 g/mol. The van der Waals surface area contributed by atoms with Crippen LogP contribution in [0.1, 0.15) is 44.3 Å². The number of aliphatic hydroxyl groups excluding tert-OH is 6. The van der Waals surface area contributed by atoms with Crippen molar-refractivity contribution in [1.29, 1.82) is 0 Å². The number of ether oxygens (including phenoxy) is 8. The fourth-order valence-corrected chi connectivity index (χ4v) is 14.7. The van der Waals surface area contributed by atoms with Gasteiger partial charge in [-0.15, -0.1) is 52.7 Å². The van der Waals surface area contributed by atoms with Crippen LogP contribution in [0, 0.1) is 4.77 Å². The lowest BCUT2D eigenvalue weighted by atomic mass is 10.0. The number of aliphatic imine (C=N–C) groups is 3. The second kappa shape index (κ2) is 33.7. The minimum Gasteiger partial charge on any atom is -0.491 e. The molecule has 0 unspecified atom stereocenters. The molecule has 32 heteroatoms. The van der Waals surface area contributed by atoms with E-state index in [0.29, 0.717) is 58.0 Å². The van der Waals surface area contributed by atoms with Crippen LogP contribution < -0.4 is 22.5 Å². The molecule has 0 bridgehead atoms. The number of aromatic nitrogens is 2. The number of amidine groups is 3. The van der Waals surface area contributed by atoms with Crippen molar-refractivity contribution in [3.63, 3.8) is 0 Å². The first kappa shape index (κ1) is 80.0. The first-order chi connectivity index (χ1) is 43.5. The van der Waals surface area contributed by atoms with Gasteiger partial charge in [0, 0.05) is 46.2 Å². The van der Waals surface area contributed by atoms with E-state index in [1.165, 1.54) is 26.0 Å². The van der Waals surface area contributed by atoms with Crippen molar-refractivity contribution in [3.05, 3.63) is 89.9 Å². The zero-order valence-electron chi connectivity index (χ0n) is 57.1. The number of aryl methyl sites for hydroxylation is 1.